The molecular weight excluding hydrogens is 363 g/mol. The summed E-state index contributed by atoms with van der Waals surface area (Å²) in [6.45, 7) is 3.72. The molecule has 0 aliphatic carbocycles. The Bertz CT molecular complexity index is 735. The van der Waals surface area contributed by atoms with Gasteiger partial charge in [-0.1, -0.05) is 24.6 Å². The fourth-order valence-corrected chi connectivity index (χ4v) is 3.17. The van der Waals surface area contributed by atoms with Crippen LogP contribution in [0.5, 0.6) is 0 Å². The van der Waals surface area contributed by atoms with Crippen molar-refractivity contribution in [3.63, 3.8) is 0 Å². The van der Waals surface area contributed by atoms with Crippen molar-refractivity contribution in [3.8, 4) is 5.69 Å². The standard InChI is InChI=1S/C17H21ClN4O2.ClH/c1-2-15-14(17(24)20-8-11-7-19-10-16(11)23)9-21-22(15)13-5-3-4-12(18)6-13;/h3-6,9,11,16,19,23H,2,7-8,10H2,1H3,(H,20,24);1H. The third kappa shape index (κ3) is 4.33. The first kappa shape index (κ1) is 19.7. The first-order valence-electron chi connectivity index (χ1n) is 8.10. The normalized spacial score (nSPS) is 19.5. The molecule has 1 aromatic heterocycles. The van der Waals surface area contributed by atoms with Gasteiger partial charge < -0.3 is 15.7 Å². The summed E-state index contributed by atoms with van der Waals surface area (Å²) < 4.78 is 1.74. The zero-order valence-corrected chi connectivity index (χ0v) is 15.5. The number of aliphatic hydroxyl groups is 1. The molecule has 2 atom stereocenters. The molecule has 1 fully saturated rings. The Morgan fingerprint density at radius 2 is 2.28 bits per heavy atom. The number of hydrogen-bond acceptors (Lipinski definition) is 4. The maximum Gasteiger partial charge on any atom is 0.254 e. The van der Waals surface area contributed by atoms with E-state index in [-0.39, 0.29) is 24.2 Å². The van der Waals surface area contributed by atoms with E-state index < -0.39 is 6.10 Å². The van der Waals surface area contributed by atoms with Gasteiger partial charge in [0, 0.05) is 30.6 Å². The van der Waals surface area contributed by atoms with Crippen LogP contribution in [-0.2, 0) is 6.42 Å². The van der Waals surface area contributed by atoms with Crippen LogP contribution in [0.2, 0.25) is 5.02 Å². The smallest absolute Gasteiger partial charge is 0.254 e. The molecule has 25 heavy (non-hydrogen) atoms. The Balaban J connectivity index is 0.00000225. The van der Waals surface area contributed by atoms with Gasteiger partial charge in [0.15, 0.2) is 0 Å². The predicted molar refractivity (Wildman–Crippen MR) is 99.9 cm³/mol. The van der Waals surface area contributed by atoms with Gasteiger partial charge in [-0.2, -0.15) is 5.10 Å². The zero-order valence-electron chi connectivity index (χ0n) is 13.9. The van der Waals surface area contributed by atoms with E-state index in [9.17, 15) is 9.90 Å². The molecule has 1 aliphatic heterocycles. The maximum atomic E-state index is 12.5. The third-order valence-electron chi connectivity index (χ3n) is 4.33. The minimum atomic E-state index is -0.412. The van der Waals surface area contributed by atoms with Gasteiger partial charge in [-0.25, -0.2) is 4.68 Å². The summed E-state index contributed by atoms with van der Waals surface area (Å²) in [5.41, 5.74) is 2.21. The molecule has 136 valence electrons. The molecule has 1 aliphatic rings. The van der Waals surface area contributed by atoms with E-state index in [1.807, 2.05) is 25.1 Å². The first-order valence-corrected chi connectivity index (χ1v) is 8.47. The number of hydrogen-bond donors (Lipinski definition) is 3. The van der Waals surface area contributed by atoms with Gasteiger partial charge in [-0.15, -0.1) is 12.4 Å². The fraction of sp³-hybridized carbons (Fsp3) is 0.412. The van der Waals surface area contributed by atoms with Gasteiger partial charge in [-0.05, 0) is 24.6 Å². The maximum absolute atomic E-state index is 12.5. The zero-order chi connectivity index (χ0) is 17.1. The Labute approximate surface area is 158 Å². The molecule has 0 spiro atoms. The summed E-state index contributed by atoms with van der Waals surface area (Å²) in [6.07, 6.45) is 1.84. The number of nitrogens with zero attached hydrogens (tertiary/aromatic N) is 2. The lowest BCUT2D eigenvalue weighted by molar-refractivity contribution is 0.0926. The Morgan fingerprint density at radius 1 is 1.48 bits per heavy atom. The lowest BCUT2D eigenvalue weighted by Crippen LogP contribution is -2.34. The van der Waals surface area contributed by atoms with Gasteiger partial charge in [0.2, 0.25) is 0 Å². The van der Waals surface area contributed by atoms with E-state index in [1.54, 1.807) is 16.9 Å². The van der Waals surface area contributed by atoms with E-state index in [1.165, 1.54) is 0 Å². The van der Waals surface area contributed by atoms with E-state index in [0.29, 0.717) is 36.6 Å². The van der Waals surface area contributed by atoms with Gasteiger partial charge in [0.1, 0.15) is 0 Å². The van der Waals surface area contributed by atoms with Crippen LogP contribution in [0.4, 0.5) is 0 Å². The van der Waals surface area contributed by atoms with Crippen LogP contribution >= 0.6 is 24.0 Å². The molecule has 2 aromatic rings. The summed E-state index contributed by atoms with van der Waals surface area (Å²) in [7, 11) is 0. The topological polar surface area (TPSA) is 79.2 Å². The highest BCUT2D eigenvalue weighted by molar-refractivity contribution is 6.30. The number of β-amino-alcohol motifs (C(OH)–C–C–N with tert-alkyl or cyclic N) is 1. The van der Waals surface area contributed by atoms with Crippen molar-refractivity contribution in [2.24, 2.45) is 5.92 Å². The van der Waals surface area contributed by atoms with Crippen molar-refractivity contribution < 1.29 is 9.90 Å². The molecule has 0 bridgehead atoms. The molecule has 6 nitrogen and oxygen atoms in total. The largest absolute Gasteiger partial charge is 0.391 e. The van der Waals surface area contributed by atoms with Crippen molar-refractivity contribution in [2.45, 2.75) is 19.4 Å². The average Bonchev–Trinajstić information content (AvgIpc) is 3.18. The molecule has 3 rings (SSSR count). The highest BCUT2D eigenvalue weighted by Gasteiger charge is 2.26. The van der Waals surface area contributed by atoms with Crippen LogP contribution in [0.3, 0.4) is 0 Å². The van der Waals surface area contributed by atoms with Crippen LogP contribution in [0.1, 0.15) is 23.0 Å². The molecule has 0 radical (unpaired) electrons. The quantitative estimate of drug-likeness (QED) is 0.734. The van der Waals surface area contributed by atoms with Gasteiger partial charge in [-0.3, -0.25) is 4.79 Å². The molecule has 2 heterocycles. The Hall–Kier alpha value is -1.60. The Kier molecular flexibility index (Phi) is 6.84. The number of carbonyl (C=O) groups excluding carboxylic acids is 1. The van der Waals surface area contributed by atoms with E-state index >= 15 is 0 Å². The molecule has 1 aromatic carbocycles. The summed E-state index contributed by atoms with van der Waals surface area (Å²) in [5, 5.41) is 20.8. The molecule has 0 saturated carbocycles. The fourth-order valence-electron chi connectivity index (χ4n) is 2.98. The number of nitrogens with one attached hydrogen (secondary N) is 2. The van der Waals surface area contributed by atoms with Crippen LogP contribution in [-0.4, -0.2) is 46.5 Å². The van der Waals surface area contributed by atoms with Crippen LogP contribution < -0.4 is 10.6 Å². The van der Waals surface area contributed by atoms with Crippen LogP contribution in [0, 0.1) is 5.92 Å². The second-order valence-corrected chi connectivity index (χ2v) is 6.38. The van der Waals surface area contributed by atoms with Gasteiger partial charge in [0.25, 0.3) is 5.91 Å². The summed E-state index contributed by atoms with van der Waals surface area (Å²) in [5.74, 6) is -0.124. The number of rotatable bonds is 5. The predicted octanol–water partition coefficient (Wildman–Crippen LogP) is 1.82. The first-order chi connectivity index (χ1) is 11.6. The number of amides is 1. The molecule has 8 heteroatoms. The van der Waals surface area contributed by atoms with Crippen molar-refractivity contribution in [2.75, 3.05) is 19.6 Å². The van der Waals surface area contributed by atoms with Crippen molar-refractivity contribution in [1.82, 2.24) is 20.4 Å². The number of benzene rings is 1. The monoisotopic (exact) mass is 384 g/mol. The average molecular weight is 385 g/mol. The van der Waals surface area contributed by atoms with Gasteiger partial charge in [0.05, 0.1) is 29.2 Å². The SMILES string of the molecule is CCc1c(C(=O)NCC2CNCC2O)cnn1-c1cccc(Cl)c1.Cl. The van der Waals surface area contributed by atoms with Crippen molar-refractivity contribution in [1.29, 1.82) is 0 Å². The Morgan fingerprint density at radius 3 is 2.92 bits per heavy atom. The number of aromatic nitrogens is 2. The molecule has 1 amide bonds. The number of carbonyl (C=O) groups is 1. The van der Waals surface area contributed by atoms with E-state index in [0.717, 1.165) is 11.4 Å². The summed E-state index contributed by atoms with van der Waals surface area (Å²) in [4.78, 5) is 12.5. The summed E-state index contributed by atoms with van der Waals surface area (Å²) >= 11 is 6.05. The molecule has 1 saturated heterocycles. The second-order valence-electron chi connectivity index (χ2n) is 5.95. The molecular formula is C17H22Cl2N4O2. The van der Waals surface area contributed by atoms with Crippen molar-refractivity contribution >= 4 is 29.9 Å². The highest BCUT2D eigenvalue weighted by atomic mass is 35.5. The second kappa shape index (κ2) is 8.67. The lowest BCUT2D eigenvalue weighted by atomic mass is 10.1. The molecule has 3 N–H and O–H groups in total. The molecule has 2 unspecified atom stereocenters. The minimum Gasteiger partial charge on any atom is -0.391 e. The van der Waals surface area contributed by atoms with E-state index in [4.69, 9.17) is 11.6 Å². The van der Waals surface area contributed by atoms with Crippen LogP contribution in [0.25, 0.3) is 5.69 Å². The summed E-state index contributed by atoms with van der Waals surface area (Å²) in [6, 6.07) is 7.37. The van der Waals surface area contributed by atoms with Crippen molar-refractivity contribution in [3.05, 3.63) is 46.7 Å². The van der Waals surface area contributed by atoms with Gasteiger partial charge >= 0.3 is 0 Å². The number of halogens is 2. The van der Waals surface area contributed by atoms with Crippen LogP contribution in [0.15, 0.2) is 30.5 Å². The van der Waals surface area contributed by atoms with E-state index in [2.05, 4.69) is 15.7 Å². The third-order valence-corrected chi connectivity index (χ3v) is 4.57. The minimum absolute atomic E-state index is 0. The highest BCUT2D eigenvalue weighted by Crippen LogP contribution is 2.19. The lowest BCUT2D eigenvalue weighted by Gasteiger charge is -2.14. The number of aliphatic hydroxyl groups excluding tert-OH is 1.